The summed E-state index contributed by atoms with van der Waals surface area (Å²) in [7, 11) is 0. The summed E-state index contributed by atoms with van der Waals surface area (Å²) in [5.41, 5.74) is 0. The van der Waals surface area contributed by atoms with E-state index in [9.17, 15) is 4.79 Å². The van der Waals surface area contributed by atoms with E-state index in [2.05, 4.69) is 20.8 Å². The van der Waals surface area contributed by atoms with Crippen LogP contribution < -0.4 is 0 Å². The standard InChI is InChI=1S/C14H27NO2/c1-4-5-8-13-9-6-7-10-15(13)14(16)17-11-12(2)3/h12-13H,4-11H2,1-3H3/t13-/m0/s1. The van der Waals surface area contributed by atoms with Crippen LogP contribution >= 0.6 is 0 Å². The lowest BCUT2D eigenvalue weighted by molar-refractivity contribution is 0.0629. The Hall–Kier alpha value is -0.730. The maximum Gasteiger partial charge on any atom is 0.410 e. The van der Waals surface area contributed by atoms with Crippen LogP contribution in [0.25, 0.3) is 0 Å². The highest BCUT2D eigenvalue weighted by molar-refractivity contribution is 5.68. The Labute approximate surface area is 106 Å². The number of carbonyl (C=O) groups is 1. The van der Waals surface area contributed by atoms with Gasteiger partial charge in [-0.05, 0) is 31.6 Å². The SMILES string of the molecule is CCCC[C@H]1CCCCN1C(=O)OCC(C)C. The van der Waals surface area contributed by atoms with E-state index >= 15 is 0 Å². The normalized spacial score (nSPS) is 20.7. The molecule has 0 bridgehead atoms. The molecule has 1 rings (SSSR count). The molecule has 0 saturated carbocycles. The molecule has 0 unspecified atom stereocenters. The molecule has 1 fully saturated rings. The number of hydrogen-bond acceptors (Lipinski definition) is 2. The minimum absolute atomic E-state index is 0.0977. The lowest BCUT2D eigenvalue weighted by Crippen LogP contribution is -2.44. The molecule has 0 aromatic rings. The van der Waals surface area contributed by atoms with E-state index in [0.717, 1.165) is 25.8 Å². The Morgan fingerprint density at radius 2 is 2.18 bits per heavy atom. The maximum absolute atomic E-state index is 12.0. The first-order valence-corrected chi connectivity index (χ1v) is 7.08. The first-order chi connectivity index (χ1) is 8.15. The van der Waals surface area contributed by atoms with E-state index < -0.39 is 0 Å². The zero-order valence-electron chi connectivity index (χ0n) is 11.6. The van der Waals surface area contributed by atoms with Gasteiger partial charge >= 0.3 is 6.09 Å². The van der Waals surface area contributed by atoms with E-state index in [4.69, 9.17) is 4.74 Å². The van der Waals surface area contributed by atoms with Gasteiger partial charge in [-0.2, -0.15) is 0 Å². The molecule has 1 aliphatic heterocycles. The van der Waals surface area contributed by atoms with E-state index in [0.29, 0.717) is 18.6 Å². The van der Waals surface area contributed by atoms with Gasteiger partial charge in [0.1, 0.15) is 0 Å². The van der Waals surface area contributed by atoms with Crippen LogP contribution in [0.15, 0.2) is 0 Å². The van der Waals surface area contributed by atoms with Crippen molar-refractivity contribution in [3.05, 3.63) is 0 Å². The van der Waals surface area contributed by atoms with Crippen molar-refractivity contribution in [3.63, 3.8) is 0 Å². The number of ether oxygens (including phenoxy) is 1. The summed E-state index contributed by atoms with van der Waals surface area (Å²) in [5, 5.41) is 0. The smallest absolute Gasteiger partial charge is 0.410 e. The van der Waals surface area contributed by atoms with Crippen LogP contribution in [-0.4, -0.2) is 30.2 Å². The van der Waals surface area contributed by atoms with Gasteiger partial charge in [-0.1, -0.05) is 33.6 Å². The molecule has 1 aliphatic rings. The van der Waals surface area contributed by atoms with Crippen molar-refractivity contribution in [1.82, 2.24) is 4.90 Å². The number of unbranched alkanes of at least 4 members (excludes halogenated alkanes) is 1. The van der Waals surface area contributed by atoms with Crippen LogP contribution in [0.2, 0.25) is 0 Å². The lowest BCUT2D eigenvalue weighted by Gasteiger charge is -2.35. The Kier molecular flexibility index (Phi) is 6.38. The summed E-state index contributed by atoms with van der Waals surface area (Å²) < 4.78 is 5.34. The molecule has 100 valence electrons. The quantitative estimate of drug-likeness (QED) is 0.732. The molecule has 0 radical (unpaired) electrons. The molecular weight excluding hydrogens is 214 g/mol. The average Bonchev–Trinajstić information content (AvgIpc) is 2.33. The van der Waals surface area contributed by atoms with Crippen LogP contribution in [0, 0.1) is 5.92 Å². The highest BCUT2D eigenvalue weighted by Crippen LogP contribution is 2.22. The minimum Gasteiger partial charge on any atom is -0.449 e. The summed E-state index contributed by atoms with van der Waals surface area (Å²) in [6.07, 6.45) is 6.97. The first-order valence-electron chi connectivity index (χ1n) is 7.08. The van der Waals surface area contributed by atoms with Crippen molar-refractivity contribution in [2.24, 2.45) is 5.92 Å². The fourth-order valence-electron chi connectivity index (χ4n) is 2.30. The van der Waals surface area contributed by atoms with Crippen LogP contribution in [0.1, 0.15) is 59.3 Å². The Bertz CT molecular complexity index is 228. The highest BCUT2D eigenvalue weighted by Gasteiger charge is 2.27. The summed E-state index contributed by atoms with van der Waals surface area (Å²) in [5.74, 6) is 0.415. The van der Waals surface area contributed by atoms with Gasteiger partial charge in [-0.15, -0.1) is 0 Å². The van der Waals surface area contributed by atoms with E-state index in [1.165, 1.54) is 19.3 Å². The first kappa shape index (κ1) is 14.3. The number of rotatable bonds is 5. The summed E-state index contributed by atoms with van der Waals surface area (Å²) in [4.78, 5) is 13.9. The third-order valence-corrected chi connectivity index (χ3v) is 3.29. The molecule has 0 N–H and O–H groups in total. The van der Waals surface area contributed by atoms with Gasteiger partial charge in [0.05, 0.1) is 6.61 Å². The van der Waals surface area contributed by atoms with Gasteiger partial charge in [-0.3, -0.25) is 0 Å². The second-order valence-electron chi connectivity index (χ2n) is 5.46. The third-order valence-electron chi connectivity index (χ3n) is 3.29. The van der Waals surface area contributed by atoms with Crippen molar-refractivity contribution in [3.8, 4) is 0 Å². The molecular formula is C14H27NO2. The number of piperidine rings is 1. The number of likely N-dealkylation sites (tertiary alicyclic amines) is 1. The molecule has 1 amide bonds. The largest absolute Gasteiger partial charge is 0.449 e. The van der Waals surface area contributed by atoms with E-state index in [1.807, 2.05) is 4.90 Å². The summed E-state index contributed by atoms with van der Waals surface area (Å²) in [6.45, 7) is 7.75. The van der Waals surface area contributed by atoms with Crippen molar-refractivity contribution in [2.75, 3.05) is 13.2 Å². The summed E-state index contributed by atoms with van der Waals surface area (Å²) >= 11 is 0. The summed E-state index contributed by atoms with van der Waals surface area (Å²) in [6, 6.07) is 0.420. The van der Waals surface area contributed by atoms with Crippen LogP contribution in [-0.2, 0) is 4.74 Å². The van der Waals surface area contributed by atoms with Crippen molar-refractivity contribution in [2.45, 2.75) is 65.3 Å². The van der Waals surface area contributed by atoms with Gasteiger partial charge < -0.3 is 9.64 Å². The molecule has 3 nitrogen and oxygen atoms in total. The Morgan fingerprint density at radius 3 is 2.82 bits per heavy atom. The Morgan fingerprint density at radius 1 is 1.41 bits per heavy atom. The van der Waals surface area contributed by atoms with E-state index in [1.54, 1.807) is 0 Å². The average molecular weight is 241 g/mol. The Balaban J connectivity index is 2.42. The number of amides is 1. The molecule has 0 aliphatic carbocycles. The molecule has 17 heavy (non-hydrogen) atoms. The number of hydrogen-bond donors (Lipinski definition) is 0. The molecule has 0 aromatic heterocycles. The zero-order chi connectivity index (χ0) is 12.7. The predicted molar refractivity (Wildman–Crippen MR) is 70.1 cm³/mol. The van der Waals surface area contributed by atoms with Crippen molar-refractivity contribution in [1.29, 1.82) is 0 Å². The molecule has 0 spiro atoms. The second kappa shape index (κ2) is 7.57. The van der Waals surface area contributed by atoms with Gasteiger partial charge in [-0.25, -0.2) is 4.79 Å². The zero-order valence-corrected chi connectivity index (χ0v) is 11.6. The van der Waals surface area contributed by atoms with Gasteiger partial charge in [0.25, 0.3) is 0 Å². The number of nitrogens with zero attached hydrogens (tertiary/aromatic N) is 1. The molecule has 1 saturated heterocycles. The fourth-order valence-corrected chi connectivity index (χ4v) is 2.30. The highest BCUT2D eigenvalue weighted by atomic mass is 16.6. The van der Waals surface area contributed by atoms with Crippen LogP contribution in [0.4, 0.5) is 4.79 Å². The second-order valence-corrected chi connectivity index (χ2v) is 5.46. The van der Waals surface area contributed by atoms with Crippen LogP contribution in [0.3, 0.4) is 0 Å². The monoisotopic (exact) mass is 241 g/mol. The van der Waals surface area contributed by atoms with Gasteiger partial charge in [0, 0.05) is 12.6 Å². The fraction of sp³-hybridized carbons (Fsp3) is 0.929. The number of carbonyl (C=O) groups excluding carboxylic acids is 1. The van der Waals surface area contributed by atoms with Crippen molar-refractivity contribution >= 4 is 6.09 Å². The van der Waals surface area contributed by atoms with Gasteiger partial charge in [0.2, 0.25) is 0 Å². The molecule has 1 heterocycles. The topological polar surface area (TPSA) is 29.5 Å². The molecule has 1 atom stereocenters. The third kappa shape index (κ3) is 4.97. The van der Waals surface area contributed by atoms with Crippen LogP contribution in [0.5, 0.6) is 0 Å². The van der Waals surface area contributed by atoms with Crippen molar-refractivity contribution < 1.29 is 9.53 Å². The van der Waals surface area contributed by atoms with E-state index in [-0.39, 0.29) is 6.09 Å². The predicted octanol–water partition coefficient (Wildman–Crippen LogP) is 3.82. The van der Waals surface area contributed by atoms with Gasteiger partial charge in [0.15, 0.2) is 0 Å². The minimum atomic E-state index is -0.0977. The maximum atomic E-state index is 12.0. The molecule has 0 aromatic carbocycles. The molecule has 3 heteroatoms. The lowest BCUT2D eigenvalue weighted by atomic mass is 9.98.